The Morgan fingerprint density at radius 1 is 0.764 bits per heavy atom. The van der Waals surface area contributed by atoms with Crippen LogP contribution in [-0.2, 0) is 19.3 Å². The third kappa shape index (κ3) is 23.0. The van der Waals surface area contributed by atoms with E-state index in [9.17, 15) is 0 Å². The molecule has 55 heavy (non-hydrogen) atoms. The molecule has 1 aromatic heterocycles. The van der Waals surface area contributed by atoms with Crippen LogP contribution in [0.2, 0.25) is 0 Å². The lowest BCUT2D eigenvalue weighted by Gasteiger charge is -2.33. The molecule has 0 spiro atoms. The molecule has 1 fully saturated rings. The molecular weight excluding hydrogens is 665 g/mol. The van der Waals surface area contributed by atoms with Crippen molar-refractivity contribution in [1.29, 1.82) is 0 Å². The number of hydrogen-bond acceptors (Lipinski definition) is 3. The van der Waals surface area contributed by atoms with E-state index in [1.165, 1.54) is 112 Å². The Morgan fingerprint density at radius 3 is 1.91 bits per heavy atom. The number of benzene rings is 2. The van der Waals surface area contributed by atoms with Crippen LogP contribution in [0.3, 0.4) is 0 Å². The van der Waals surface area contributed by atoms with E-state index in [2.05, 4.69) is 80.6 Å². The summed E-state index contributed by atoms with van der Waals surface area (Å²) < 4.78 is 0. The van der Waals surface area contributed by atoms with Crippen LogP contribution in [0.5, 0.6) is 0 Å². The highest BCUT2D eigenvalue weighted by atomic mass is 15.1. The van der Waals surface area contributed by atoms with Crippen LogP contribution in [-0.4, -0.2) is 42.3 Å². The molecule has 308 valence electrons. The number of hydrogen-bond donors (Lipinski definition) is 0. The van der Waals surface area contributed by atoms with Gasteiger partial charge in [0.1, 0.15) is 13.7 Å². The lowest BCUT2D eigenvalue weighted by atomic mass is 9.86. The summed E-state index contributed by atoms with van der Waals surface area (Å²) >= 11 is 0. The van der Waals surface area contributed by atoms with Crippen molar-refractivity contribution in [1.82, 2.24) is 14.9 Å². The van der Waals surface area contributed by atoms with E-state index in [-0.39, 0.29) is 0 Å². The molecule has 0 N–H and O–H groups in total. The Kier molecular flexibility index (Phi) is 36.1. The van der Waals surface area contributed by atoms with Crippen molar-refractivity contribution in [3.8, 4) is 0 Å². The molecule has 2 radical (unpaired) electrons. The molecule has 0 saturated carbocycles. The summed E-state index contributed by atoms with van der Waals surface area (Å²) in [5.74, 6) is 1.70. The van der Waals surface area contributed by atoms with E-state index in [1.807, 2.05) is 86.6 Å². The minimum absolute atomic E-state index is 0.823. The smallest absolute Gasteiger partial charge is 0.126 e. The lowest BCUT2D eigenvalue weighted by Crippen LogP contribution is -2.34. The summed E-state index contributed by atoms with van der Waals surface area (Å²) in [7, 11) is 5.53. The second-order valence-corrected chi connectivity index (χ2v) is 13.3. The highest BCUT2D eigenvalue weighted by molar-refractivity contribution is 6.32. The van der Waals surface area contributed by atoms with Crippen LogP contribution in [0.1, 0.15) is 175 Å². The summed E-state index contributed by atoms with van der Waals surface area (Å²) in [5, 5.41) is 1.22. The molecule has 1 aliphatic heterocycles. The van der Waals surface area contributed by atoms with Crippen LogP contribution < -0.4 is 5.46 Å². The lowest BCUT2D eigenvalue weighted by molar-refractivity contribution is 0.196. The van der Waals surface area contributed by atoms with Crippen molar-refractivity contribution < 1.29 is 0 Å². The Balaban J connectivity index is 0. The third-order valence-electron chi connectivity index (χ3n) is 9.60. The van der Waals surface area contributed by atoms with Crippen molar-refractivity contribution >= 4 is 24.2 Å². The third-order valence-corrected chi connectivity index (χ3v) is 9.60. The fraction of sp³-hybridized carbons (Fsp3) is 0.608. The van der Waals surface area contributed by atoms with Gasteiger partial charge in [0.05, 0.1) is 5.52 Å². The number of rotatable bonds is 13. The van der Waals surface area contributed by atoms with Crippen molar-refractivity contribution in [2.75, 3.05) is 19.6 Å². The van der Waals surface area contributed by atoms with Gasteiger partial charge in [-0.15, -0.1) is 6.58 Å². The number of nitrogens with zero attached hydrogens (tertiary/aromatic N) is 3. The second kappa shape index (κ2) is 36.7. The maximum atomic E-state index is 5.53. The first-order valence-corrected chi connectivity index (χ1v) is 22.7. The van der Waals surface area contributed by atoms with Crippen LogP contribution in [0.15, 0.2) is 72.9 Å². The first kappa shape index (κ1) is 54.1. The number of allylic oxidation sites excluding steroid dienone is 5. The number of unbranched alkanes of at least 4 members (excludes halogenated alkanes) is 5. The van der Waals surface area contributed by atoms with Gasteiger partial charge in [0.15, 0.2) is 0 Å². The Bertz CT molecular complexity index is 1410. The number of likely N-dealkylation sites (tertiary alicyclic amines) is 1. The molecule has 3 aromatic rings. The highest BCUT2D eigenvalue weighted by Crippen LogP contribution is 2.28. The van der Waals surface area contributed by atoms with E-state index in [1.54, 1.807) is 5.57 Å². The Labute approximate surface area is 344 Å². The molecule has 2 aromatic carbocycles. The predicted molar refractivity (Wildman–Crippen MR) is 253 cm³/mol. The summed E-state index contributed by atoms with van der Waals surface area (Å²) in [4.78, 5) is 12.0. The van der Waals surface area contributed by atoms with Crippen molar-refractivity contribution in [2.45, 2.75) is 180 Å². The van der Waals surface area contributed by atoms with Crippen LogP contribution in [0, 0.1) is 19.8 Å². The minimum Gasteiger partial charge on any atom is -0.303 e. The quantitative estimate of drug-likeness (QED) is 0.0989. The minimum atomic E-state index is 0.823. The average molecular weight is 752 g/mol. The van der Waals surface area contributed by atoms with E-state index in [4.69, 9.17) is 12.8 Å². The molecule has 0 amide bonds. The number of fused-ring (bicyclic) bond motifs is 1. The van der Waals surface area contributed by atoms with Crippen LogP contribution in [0.25, 0.3) is 10.9 Å². The Hall–Kier alpha value is -2.98. The number of aryl methyl sites for hydroxylation is 5. The van der Waals surface area contributed by atoms with E-state index in [0.717, 1.165) is 47.7 Å². The molecule has 0 unspecified atom stereocenters. The number of aromatic nitrogens is 2. The van der Waals surface area contributed by atoms with Gasteiger partial charge in [-0.2, -0.15) is 0 Å². The molecule has 1 aliphatic carbocycles. The largest absolute Gasteiger partial charge is 0.303 e. The molecule has 3 nitrogen and oxygen atoms in total. The van der Waals surface area contributed by atoms with Gasteiger partial charge >= 0.3 is 0 Å². The topological polar surface area (TPSA) is 29.0 Å². The van der Waals surface area contributed by atoms with E-state index < -0.39 is 0 Å². The molecule has 2 aliphatic rings. The highest BCUT2D eigenvalue weighted by Gasteiger charge is 2.21. The molecular formula is C51H86BN3. The summed E-state index contributed by atoms with van der Waals surface area (Å²) in [6.07, 6.45) is 26.9. The zero-order chi connectivity index (χ0) is 41.9. The van der Waals surface area contributed by atoms with Gasteiger partial charge in [0, 0.05) is 11.1 Å². The monoisotopic (exact) mass is 752 g/mol. The first-order chi connectivity index (χ1) is 26.9. The normalized spacial score (nSPS) is 13.2. The van der Waals surface area contributed by atoms with E-state index in [0.29, 0.717) is 0 Å². The fourth-order valence-corrected chi connectivity index (χ4v) is 6.72. The second-order valence-electron chi connectivity index (χ2n) is 13.3. The van der Waals surface area contributed by atoms with Crippen LogP contribution in [0.4, 0.5) is 0 Å². The average Bonchev–Trinajstić information content (AvgIpc) is 3.25. The fourth-order valence-electron chi connectivity index (χ4n) is 6.72. The standard InChI is InChI=1S/C31H45N3.C8H9B.C4H8.4C2H6/c1-4-26-22-30-24(2)32-25(3)33-31(30)23-29(26)16-10-7-5-6-8-13-19-34-20-17-28(18-21-34)27-14-11-9-12-15-27;1-2-7-4-3-5-8(9)6-7;1-3-4-2;4*1-2/h11,14-15,22-23,28H,4-10,12-13,16-21H2,1-3H3;3-6H,2H2,1H3;3H,1,4H2,2H3;4*1-2H3. The van der Waals surface area contributed by atoms with Crippen LogP contribution >= 0.6 is 0 Å². The summed E-state index contributed by atoms with van der Waals surface area (Å²) in [6, 6.07) is 12.6. The van der Waals surface area contributed by atoms with Gasteiger partial charge < -0.3 is 4.90 Å². The molecule has 4 heteroatoms. The van der Waals surface area contributed by atoms with Gasteiger partial charge in [-0.1, -0.05) is 156 Å². The molecule has 0 bridgehead atoms. The SMILES string of the molecule is C=CCC.CC.CC.CC.CC.CCc1cc2c(C)nc(C)nc2cc1CCCCCCCCN1CCC(C2=CCCC=C2)CC1.[B]c1cccc(CC)c1. The van der Waals surface area contributed by atoms with Gasteiger partial charge in [0.25, 0.3) is 0 Å². The first-order valence-electron chi connectivity index (χ1n) is 22.7. The number of piperidine rings is 1. The maximum Gasteiger partial charge on any atom is 0.126 e. The Morgan fingerprint density at radius 2 is 1.38 bits per heavy atom. The molecule has 5 rings (SSSR count). The van der Waals surface area contributed by atoms with Gasteiger partial charge in [0.2, 0.25) is 0 Å². The van der Waals surface area contributed by atoms with Gasteiger partial charge in [-0.3, -0.25) is 0 Å². The summed E-state index contributed by atoms with van der Waals surface area (Å²) in [5.41, 5.74) is 8.97. The predicted octanol–water partition coefficient (Wildman–Crippen LogP) is 14.4. The molecule has 2 heterocycles. The van der Waals surface area contributed by atoms with E-state index >= 15 is 0 Å². The van der Waals surface area contributed by atoms with Gasteiger partial charge in [-0.05, 0) is 138 Å². The maximum absolute atomic E-state index is 5.53. The van der Waals surface area contributed by atoms with Crippen molar-refractivity contribution in [2.24, 2.45) is 5.92 Å². The molecule has 1 saturated heterocycles. The van der Waals surface area contributed by atoms with Gasteiger partial charge in [-0.25, -0.2) is 9.97 Å². The molecule has 0 atom stereocenters. The van der Waals surface area contributed by atoms with Crippen molar-refractivity contribution in [3.05, 3.63) is 101 Å². The summed E-state index contributed by atoms with van der Waals surface area (Å²) in [6.45, 7) is 33.9. The zero-order valence-corrected chi connectivity index (χ0v) is 38.5. The van der Waals surface area contributed by atoms with Crippen molar-refractivity contribution in [3.63, 3.8) is 0 Å². The zero-order valence-electron chi connectivity index (χ0n) is 38.5.